The SMILES string of the molecule is O=C(NC(Cc1c[nH]c2nccnc12)C(=O)O)OCc1ccccc1. The Labute approximate surface area is 142 Å². The highest BCUT2D eigenvalue weighted by molar-refractivity contribution is 5.82. The molecule has 25 heavy (non-hydrogen) atoms. The van der Waals surface area contributed by atoms with Gasteiger partial charge in [0.05, 0.1) is 0 Å². The average molecular weight is 340 g/mol. The molecule has 0 saturated heterocycles. The minimum atomic E-state index is -1.16. The number of carbonyl (C=O) groups is 2. The zero-order valence-electron chi connectivity index (χ0n) is 13.2. The van der Waals surface area contributed by atoms with Crippen molar-refractivity contribution in [2.24, 2.45) is 0 Å². The van der Waals surface area contributed by atoms with E-state index in [1.807, 2.05) is 30.3 Å². The second kappa shape index (κ2) is 7.43. The predicted molar refractivity (Wildman–Crippen MR) is 88.8 cm³/mol. The van der Waals surface area contributed by atoms with E-state index in [4.69, 9.17) is 4.74 Å². The topological polar surface area (TPSA) is 117 Å². The molecule has 0 spiro atoms. The van der Waals surface area contributed by atoms with E-state index in [-0.39, 0.29) is 13.0 Å². The molecule has 3 N–H and O–H groups in total. The highest BCUT2D eigenvalue weighted by Gasteiger charge is 2.23. The number of benzene rings is 1. The Morgan fingerprint density at radius 1 is 1.20 bits per heavy atom. The number of nitrogens with zero attached hydrogens (tertiary/aromatic N) is 2. The molecule has 0 bridgehead atoms. The number of amides is 1. The Balaban J connectivity index is 1.63. The van der Waals surface area contributed by atoms with Gasteiger partial charge < -0.3 is 20.1 Å². The van der Waals surface area contributed by atoms with Crippen molar-refractivity contribution in [3.63, 3.8) is 0 Å². The van der Waals surface area contributed by atoms with E-state index in [0.29, 0.717) is 16.7 Å². The molecule has 1 aromatic carbocycles. The van der Waals surface area contributed by atoms with Crippen LogP contribution in [-0.2, 0) is 22.6 Å². The quantitative estimate of drug-likeness (QED) is 0.631. The molecule has 8 heteroatoms. The number of aliphatic carboxylic acids is 1. The van der Waals surface area contributed by atoms with Crippen LogP contribution in [0.25, 0.3) is 11.2 Å². The van der Waals surface area contributed by atoms with Crippen molar-refractivity contribution in [3.05, 3.63) is 60.0 Å². The molecule has 1 amide bonds. The third-order valence-electron chi connectivity index (χ3n) is 3.61. The van der Waals surface area contributed by atoms with E-state index in [1.165, 1.54) is 12.4 Å². The first-order chi connectivity index (χ1) is 12.1. The summed E-state index contributed by atoms with van der Waals surface area (Å²) >= 11 is 0. The van der Waals surface area contributed by atoms with Gasteiger partial charge >= 0.3 is 12.1 Å². The fraction of sp³-hybridized carbons (Fsp3) is 0.176. The minimum absolute atomic E-state index is 0.0640. The van der Waals surface area contributed by atoms with Crippen molar-refractivity contribution in [2.75, 3.05) is 0 Å². The number of carbonyl (C=O) groups excluding carboxylic acids is 1. The number of rotatable bonds is 6. The second-order valence-corrected chi connectivity index (χ2v) is 5.37. The van der Waals surface area contributed by atoms with Gasteiger partial charge in [0.1, 0.15) is 18.2 Å². The first kappa shape index (κ1) is 16.4. The number of ether oxygens (including phenoxy) is 1. The van der Waals surface area contributed by atoms with Crippen molar-refractivity contribution in [3.8, 4) is 0 Å². The van der Waals surface area contributed by atoms with Crippen molar-refractivity contribution in [2.45, 2.75) is 19.1 Å². The molecular formula is C17H16N4O4. The van der Waals surface area contributed by atoms with Gasteiger partial charge in [-0.15, -0.1) is 0 Å². The van der Waals surface area contributed by atoms with E-state index < -0.39 is 18.1 Å². The third-order valence-corrected chi connectivity index (χ3v) is 3.61. The van der Waals surface area contributed by atoms with Crippen LogP contribution < -0.4 is 5.32 Å². The van der Waals surface area contributed by atoms with Gasteiger partial charge in [0.25, 0.3) is 0 Å². The summed E-state index contributed by atoms with van der Waals surface area (Å²) in [5.41, 5.74) is 2.61. The zero-order chi connectivity index (χ0) is 17.6. The number of nitrogens with one attached hydrogen (secondary N) is 2. The summed E-state index contributed by atoms with van der Waals surface area (Å²) in [6, 6.07) is 8.00. The summed E-state index contributed by atoms with van der Waals surface area (Å²) in [5, 5.41) is 11.7. The van der Waals surface area contributed by atoms with Gasteiger partial charge in [-0.05, 0) is 5.56 Å². The van der Waals surface area contributed by atoms with Crippen molar-refractivity contribution >= 4 is 23.2 Å². The predicted octanol–water partition coefficient (Wildman–Crippen LogP) is 1.88. The summed E-state index contributed by atoms with van der Waals surface area (Å²) < 4.78 is 5.07. The molecule has 0 aliphatic heterocycles. The van der Waals surface area contributed by atoms with Crippen molar-refractivity contribution in [1.29, 1.82) is 0 Å². The van der Waals surface area contributed by atoms with Crippen LogP contribution in [0.15, 0.2) is 48.9 Å². The molecule has 8 nitrogen and oxygen atoms in total. The lowest BCUT2D eigenvalue weighted by molar-refractivity contribution is -0.139. The van der Waals surface area contributed by atoms with Crippen LogP contribution in [0, 0.1) is 0 Å². The average Bonchev–Trinajstić information content (AvgIpc) is 3.03. The van der Waals surface area contributed by atoms with Crippen LogP contribution in [0.2, 0.25) is 0 Å². The smallest absolute Gasteiger partial charge is 0.408 e. The molecule has 1 atom stereocenters. The Bertz CT molecular complexity index is 878. The first-order valence-electron chi connectivity index (χ1n) is 7.60. The number of carboxylic acids is 1. The maximum absolute atomic E-state index is 11.9. The molecule has 2 heterocycles. The van der Waals surface area contributed by atoms with Gasteiger partial charge in [0.15, 0.2) is 5.65 Å². The number of carboxylic acid groups (broad SMARTS) is 1. The van der Waals surface area contributed by atoms with Gasteiger partial charge in [0, 0.05) is 30.6 Å². The molecule has 0 aliphatic carbocycles. The van der Waals surface area contributed by atoms with Crippen LogP contribution in [0.3, 0.4) is 0 Å². The van der Waals surface area contributed by atoms with E-state index >= 15 is 0 Å². The fourth-order valence-corrected chi connectivity index (χ4v) is 2.39. The third kappa shape index (κ3) is 4.11. The molecule has 1 unspecified atom stereocenters. The number of aromatic nitrogens is 3. The molecule has 3 rings (SSSR count). The van der Waals surface area contributed by atoms with Gasteiger partial charge in [-0.1, -0.05) is 30.3 Å². The minimum Gasteiger partial charge on any atom is -0.480 e. The van der Waals surface area contributed by atoms with Crippen LogP contribution in [0.5, 0.6) is 0 Å². The van der Waals surface area contributed by atoms with Crippen LogP contribution in [-0.4, -0.2) is 38.2 Å². The lowest BCUT2D eigenvalue weighted by Gasteiger charge is -2.14. The van der Waals surface area contributed by atoms with Gasteiger partial charge in [-0.3, -0.25) is 4.98 Å². The van der Waals surface area contributed by atoms with Crippen molar-refractivity contribution in [1.82, 2.24) is 20.3 Å². The molecule has 3 aromatic rings. The number of hydrogen-bond donors (Lipinski definition) is 3. The zero-order valence-corrected chi connectivity index (χ0v) is 13.2. The van der Waals surface area contributed by atoms with Gasteiger partial charge in [0.2, 0.25) is 0 Å². The van der Waals surface area contributed by atoms with Crippen LogP contribution in [0.1, 0.15) is 11.1 Å². The normalized spacial score (nSPS) is 11.8. The van der Waals surface area contributed by atoms with E-state index in [0.717, 1.165) is 5.56 Å². The van der Waals surface area contributed by atoms with Crippen LogP contribution in [0.4, 0.5) is 4.79 Å². The Morgan fingerprint density at radius 3 is 2.72 bits per heavy atom. The Hall–Kier alpha value is -3.42. The van der Waals surface area contributed by atoms with Crippen LogP contribution >= 0.6 is 0 Å². The lowest BCUT2D eigenvalue weighted by Crippen LogP contribution is -2.42. The van der Waals surface area contributed by atoms with Gasteiger partial charge in [-0.25, -0.2) is 14.6 Å². The number of aromatic amines is 1. The second-order valence-electron chi connectivity index (χ2n) is 5.37. The highest BCUT2D eigenvalue weighted by atomic mass is 16.5. The maximum atomic E-state index is 11.9. The Kier molecular flexibility index (Phi) is 4.89. The standard InChI is InChI=1S/C17H16N4O4/c22-16(23)13(8-12-9-20-15-14(12)18-6-7-19-15)21-17(24)25-10-11-4-2-1-3-5-11/h1-7,9,13H,8,10H2,(H,19,20)(H,21,24)(H,22,23). The number of alkyl carbamates (subject to hydrolysis) is 1. The van der Waals surface area contributed by atoms with E-state index in [2.05, 4.69) is 20.3 Å². The Morgan fingerprint density at radius 2 is 1.96 bits per heavy atom. The molecule has 128 valence electrons. The first-order valence-corrected chi connectivity index (χ1v) is 7.60. The summed E-state index contributed by atoms with van der Waals surface area (Å²) in [7, 11) is 0. The summed E-state index contributed by atoms with van der Waals surface area (Å²) in [6.07, 6.45) is 3.97. The number of fused-ring (bicyclic) bond motifs is 1. The molecule has 0 fully saturated rings. The molecule has 0 radical (unpaired) electrons. The number of H-pyrrole nitrogens is 1. The monoisotopic (exact) mass is 340 g/mol. The summed E-state index contributed by atoms with van der Waals surface area (Å²) in [5.74, 6) is -1.16. The largest absolute Gasteiger partial charge is 0.480 e. The fourth-order valence-electron chi connectivity index (χ4n) is 2.39. The molecular weight excluding hydrogens is 324 g/mol. The summed E-state index contributed by atoms with van der Waals surface area (Å²) in [4.78, 5) is 34.5. The molecule has 2 aromatic heterocycles. The lowest BCUT2D eigenvalue weighted by atomic mass is 10.1. The highest BCUT2D eigenvalue weighted by Crippen LogP contribution is 2.15. The molecule has 0 saturated carbocycles. The summed E-state index contributed by atoms with van der Waals surface area (Å²) in [6.45, 7) is 0.0670. The van der Waals surface area contributed by atoms with Gasteiger partial charge in [-0.2, -0.15) is 0 Å². The number of hydrogen-bond acceptors (Lipinski definition) is 5. The maximum Gasteiger partial charge on any atom is 0.408 e. The van der Waals surface area contributed by atoms with E-state index in [1.54, 1.807) is 6.20 Å². The van der Waals surface area contributed by atoms with E-state index in [9.17, 15) is 14.7 Å². The van der Waals surface area contributed by atoms with Crippen molar-refractivity contribution < 1.29 is 19.4 Å². The molecule has 0 aliphatic rings.